The van der Waals surface area contributed by atoms with Crippen LogP contribution in [0.5, 0.6) is 0 Å². The maximum Gasteiger partial charge on any atom is 0.325 e. The Bertz CT molecular complexity index is 904. The number of aliphatic carboxylic acids is 1. The molecule has 0 fully saturated rings. The average molecular weight is 366 g/mol. The molecule has 1 heterocycles. The van der Waals surface area contributed by atoms with Gasteiger partial charge in [-0.15, -0.1) is 0 Å². The van der Waals surface area contributed by atoms with Crippen molar-refractivity contribution in [3.8, 4) is 0 Å². The number of carboxylic acid groups (broad SMARTS) is 1. The second kappa shape index (κ2) is 7.45. The SMILES string of the molecule is CCNS(=O)(=O)c1ccc(C)c(C(=O)Nc2ccn(CC(=O)O)n2)c1. The maximum absolute atomic E-state index is 12.4. The summed E-state index contributed by atoms with van der Waals surface area (Å²) >= 11 is 0. The van der Waals surface area contributed by atoms with Crippen molar-refractivity contribution in [2.45, 2.75) is 25.3 Å². The number of hydrogen-bond acceptors (Lipinski definition) is 5. The van der Waals surface area contributed by atoms with Gasteiger partial charge in [0, 0.05) is 24.4 Å². The van der Waals surface area contributed by atoms with E-state index in [0.717, 1.165) is 4.68 Å². The number of aromatic nitrogens is 2. The zero-order valence-electron chi connectivity index (χ0n) is 13.7. The third kappa shape index (κ3) is 4.64. The molecule has 0 unspecified atom stereocenters. The lowest BCUT2D eigenvalue weighted by Crippen LogP contribution is -2.24. The van der Waals surface area contributed by atoms with Crippen molar-refractivity contribution in [2.75, 3.05) is 11.9 Å². The van der Waals surface area contributed by atoms with E-state index in [1.54, 1.807) is 19.9 Å². The fourth-order valence-electron chi connectivity index (χ4n) is 2.12. The van der Waals surface area contributed by atoms with Gasteiger partial charge in [0.2, 0.25) is 10.0 Å². The summed E-state index contributed by atoms with van der Waals surface area (Å²) in [6, 6.07) is 5.71. The summed E-state index contributed by atoms with van der Waals surface area (Å²) in [6.45, 7) is 3.25. The van der Waals surface area contributed by atoms with E-state index in [1.807, 2.05) is 0 Å². The van der Waals surface area contributed by atoms with Crippen LogP contribution in [0.2, 0.25) is 0 Å². The van der Waals surface area contributed by atoms with Gasteiger partial charge in [-0.1, -0.05) is 13.0 Å². The van der Waals surface area contributed by atoms with Crippen LogP contribution in [0, 0.1) is 6.92 Å². The predicted octanol–water partition coefficient (Wildman–Crippen LogP) is 0.827. The van der Waals surface area contributed by atoms with Crippen molar-refractivity contribution >= 4 is 27.7 Å². The minimum Gasteiger partial charge on any atom is -0.480 e. The minimum atomic E-state index is -3.68. The van der Waals surface area contributed by atoms with Crippen LogP contribution in [0.15, 0.2) is 35.4 Å². The first-order chi connectivity index (χ1) is 11.7. The third-order valence-corrected chi connectivity index (χ3v) is 4.82. The number of nitrogens with one attached hydrogen (secondary N) is 2. The number of anilines is 1. The second-order valence-electron chi connectivity index (χ2n) is 5.22. The normalized spacial score (nSPS) is 11.3. The summed E-state index contributed by atoms with van der Waals surface area (Å²) in [5.74, 6) is -1.42. The Balaban J connectivity index is 2.24. The summed E-state index contributed by atoms with van der Waals surface area (Å²) in [6.07, 6.45) is 1.42. The first kappa shape index (κ1) is 18.6. The van der Waals surface area contributed by atoms with Crippen LogP contribution in [0.1, 0.15) is 22.8 Å². The van der Waals surface area contributed by atoms with E-state index < -0.39 is 21.9 Å². The van der Waals surface area contributed by atoms with E-state index in [9.17, 15) is 18.0 Å². The second-order valence-corrected chi connectivity index (χ2v) is 6.99. The number of aryl methyl sites for hydroxylation is 1. The minimum absolute atomic E-state index is 0.0125. The zero-order chi connectivity index (χ0) is 18.6. The molecular weight excluding hydrogens is 348 g/mol. The van der Waals surface area contributed by atoms with Gasteiger partial charge in [-0.3, -0.25) is 14.3 Å². The van der Waals surface area contributed by atoms with Crippen LogP contribution in [0.25, 0.3) is 0 Å². The number of benzene rings is 1. The van der Waals surface area contributed by atoms with E-state index in [-0.39, 0.29) is 29.4 Å². The van der Waals surface area contributed by atoms with Gasteiger partial charge in [-0.25, -0.2) is 13.1 Å². The van der Waals surface area contributed by atoms with Gasteiger partial charge in [-0.05, 0) is 24.6 Å². The van der Waals surface area contributed by atoms with Gasteiger partial charge >= 0.3 is 5.97 Å². The Morgan fingerprint density at radius 1 is 1.28 bits per heavy atom. The monoisotopic (exact) mass is 366 g/mol. The highest BCUT2D eigenvalue weighted by Crippen LogP contribution is 2.17. The fourth-order valence-corrected chi connectivity index (χ4v) is 3.19. The molecule has 0 aliphatic rings. The summed E-state index contributed by atoms with van der Waals surface area (Å²) in [4.78, 5) is 23.0. The van der Waals surface area contributed by atoms with Gasteiger partial charge < -0.3 is 10.4 Å². The number of carboxylic acids is 1. The predicted molar refractivity (Wildman–Crippen MR) is 89.9 cm³/mol. The topological polar surface area (TPSA) is 130 Å². The lowest BCUT2D eigenvalue weighted by molar-refractivity contribution is -0.137. The first-order valence-electron chi connectivity index (χ1n) is 7.40. The summed E-state index contributed by atoms with van der Waals surface area (Å²) in [5.41, 5.74) is 0.782. The van der Waals surface area contributed by atoms with Gasteiger partial charge in [0.1, 0.15) is 6.54 Å². The Hall–Kier alpha value is -2.72. The summed E-state index contributed by atoms with van der Waals surface area (Å²) < 4.78 is 27.7. The number of amides is 1. The number of carbonyl (C=O) groups is 2. The smallest absolute Gasteiger partial charge is 0.325 e. The summed E-state index contributed by atoms with van der Waals surface area (Å²) in [5, 5.41) is 15.2. The number of rotatable bonds is 7. The van der Waals surface area contributed by atoms with Crippen LogP contribution in [0.4, 0.5) is 5.82 Å². The molecule has 9 nitrogen and oxygen atoms in total. The number of hydrogen-bond donors (Lipinski definition) is 3. The Labute approximate surface area is 144 Å². The van der Waals surface area contributed by atoms with E-state index in [4.69, 9.17) is 5.11 Å². The van der Waals surface area contributed by atoms with Crippen LogP contribution in [-0.4, -0.2) is 41.7 Å². The van der Waals surface area contributed by atoms with Gasteiger partial charge in [-0.2, -0.15) is 5.10 Å². The molecule has 3 N–H and O–H groups in total. The molecule has 0 radical (unpaired) electrons. The number of carbonyl (C=O) groups excluding carboxylic acids is 1. The van der Waals surface area contributed by atoms with Crippen molar-refractivity contribution in [3.05, 3.63) is 41.6 Å². The molecule has 0 aliphatic carbocycles. The standard InChI is InChI=1S/C15H18N4O5S/c1-3-16-25(23,24)11-5-4-10(2)12(8-11)15(22)17-13-6-7-19(18-13)9-14(20)21/h4-8,16H,3,9H2,1-2H3,(H,20,21)(H,17,18,22). The molecule has 0 bridgehead atoms. The van der Waals surface area contributed by atoms with Crippen LogP contribution in [-0.2, 0) is 21.4 Å². The molecule has 2 rings (SSSR count). The molecule has 0 atom stereocenters. The highest BCUT2D eigenvalue weighted by molar-refractivity contribution is 7.89. The van der Waals surface area contributed by atoms with E-state index in [1.165, 1.54) is 24.4 Å². The van der Waals surface area contributed by atoms with Gasteiger partial charge in [0.25, 0.3) is 5.91 Å². The van der Waals surface area contributed by atoms with E-state index >= 15 is 0 Å². The molecule has 0 saturated heterocycles. The molecule has 1 aromatic carbocycles. The number of sulfonamides is 1. The molecule has 134 valence electrons. The van der Waals surface area contributed by atoms with E-state index in [2.05, 4.69) is 15.1 Å². The van der Waals surface area contributed by atoms with Gasteiger partial charge in [0.05, 0.1) is 4.90 Å². The largest absolute Gasteiger partial charge is 0.480 e. The van der Waals surface area contributed by atoms with Gasteiger partial charge in [0.15, 0.2) is 5.82 Å². The van der Waals surface area contributed by atoms with Crippen molar-refractivity contribution in [2.24, 2.45) is 0 Å². The van der Waals surface area contributed by atoms with Crippen LogP contribution in [0.3, 0.4) is 0 Å². The molecule has 1 amide bonds. The van der Waals surface area contributed by atoms with Crippen molar-refractivity contribution in [1.82, 2.24) is 14.5 Å². The molecule has 10 heteroatoms. The third-order valence-electron chi connectivity index (χ3n) is 3.28. The Kier molecular flexibility index (Phi) is 5.55. The van der Waals surface area contributed by atoms with Crippen LogP contribution >= 0.6 is 0 Å². The maximum atomic E-state index is 12.4. The molecule has 0 spiro atoms. The Morgan fingerprint density at radius 2 is 2.00 bits per heavy atom. The lowest BCUT2D eigenvalue weighted by atomic mass is 10.1. The fraction of sp³-hybridized carbons (Fsp3) is 0.267. The van der Waals surface area contributed by atoms with Crippen molar-refractivity contribution in [1.29, 1.82) is 0 Å². The first-order valence-corrected chi connectivity index (χ1v) is 8.88. The molecular formula is C15H18N4O5S. The molecule has 0 saturated carbocycles. The van der Waals surface area contributed by atoms with Crippen molar-refractivity contribution < 1.29 is 23.1 Å². The zero-order valence-corrected chi connectivity index (χ0v) is 14.5. The quantitative estimate of drug-likeness (QED) is 0.665. The molecule has 2 aromatic rings. The highest BCUT2D eigenvalue weighted by atomic mass is 32.2. The molecule has 1 aromatic heterocycles. The van der Waals surface area contributed by atoms with Crippen LogP contribution < -0.4 is 10.0 Å². The molecule has 25 heavy (non-hydrogen) atoms. The highest BCUT2D eigenvalue weighted by Gasteiger charge is 2.18. The molecule has 0 aliphatic heterocycles. The van der Waals surface area contributed by atoms with E-state index in [0.29, 0.717) is 5.56 Å². The average Bonchev–Trinajstić information content (AvgIpc) is 2.93. The van der Waals surface area contributed by atoms with Crippen molar-refractivity contribution in [3.63, 3.8) is 0 Å². The Morgan fingerprint density at radius 3 is 2.64 bits per heavy atom. The summed E-state index contributed by atoms with van der Waals surface area (Å²) in [7, 11) is -3.68. The lowest BCUT2D eigenvalue weighted by Gasteiger charge is -2.09. The number of nitrogens with zero attached hydrogens (tertiary/aromatic N) is 2.